The first kappa shape index (κ1) is 18.1. The normalized spacial score (nSPS) is 12.0. The highest BCUT2D eigenvalue weighted by molar-refractivity contribution is 6.45. The first-order valence-corrected chi connectivity index (χ1v) is 9.35. The van der Waals surface area contributed by atoms with Crippen molar-refractivity contribution >= 4 is 9.36 Å². The van der Waals surface area contributed by atoms with Crippen molar-refractivity contribution in [1.29, 1.82) is 0 Å². The standard InChI is InChI=1S/C14H34N2OSi/c1-6-11-15(12-7-2)18(17-10-5)16(13-8-3)14-9-4/h18H,6-14H2,1-5H3. The fourth-order valence-electron chi connectivity index (χ4n) is 2.41. The average molecular weight is 275 g/mol. The van der Waals surface area contributed by atoms with Crippen LogP contribution in [0, 0.1) is 0 Å². The van der Waals surface area contributed by atoms with Crippen molar-refractivity contribution in [3.63, 3.8) is 0 Å². The zero-order valence-electron chi connectivity index (χ0n) is 13.2. The van der Waals surface area contributed by atoms with Gasteiger partial charge in [-0.05, 0) is 58.8 Å². The van der Waals surface area contributed by atoms with Crippen LogP contribution < -0.4 is 0 Å². The Morgan fingerprint density at radius 1 is 0.667 bits per heavy atom. The fourth-order valence-corrected chi connectivity index (χ4v) is 5.50. The highest BCUT2D eigenvalue weighted by Gasteiger charge is 2.27. The van der Waals surface area contributed by atoms with Crippen LogP contribution in [0.5, 0.6) is 0 Å². The summed E-state index contributed by atoms with van der Waals surface area (Å²) in [5.74, 6) is 0. The van der Waals surface area contributed by atoms with Crippen molar-refractivity contribution in [2.24, 2.45) is 0 Å². The molecular formula is C14H34N2OSi. The fraction of sp³-hybridized carbons (Fsp3) is 1.00. The molecule has 0 aliphatic rings. The molecule has 0 unspecified atom stereocenters. The van der Waals surface area contributed by atoms with Crippen LogP contribution in [0.1, 0.15) is 60.3 Å². The molecule has 3 nitrogen and oxygen atoms in total. The van der Waals surface area contributed by atoms with Crippen LogP contribution in [-0.4, -0.2) is 51.3 Å². The zero-order chi connectivity index (χ0) is 13.8. The van der Waals surface area contributed by atoms with Gasteiger partial charge in [0.2, 0.25) is 0 Å². The van der Waals surface area contributed by atoms with Crippen molar-refractivity contribution < 1.29 is 4.43 Å². The summed E-state index contributed by atoms with van der Waals surface area (Å²) in [6, 6.07) is 0. The van der Waals surface area contributed by atoms with E-state index in [9.17, 15) is 0 Å². The number of hydrogen-bond acceptors (Lipinski definition) is 3. The highest BCUT2D eigenvalue weighted by Crippen LogP contribution is 2.08. The molecule has 0 heterocycles. The summed E-state index contributed by atoms with van der Waals surface area (Å²) in [5.41, 5.74) is 0. The van der Waals surface area contributed by atoms with Gasteiger partial charge in [-0.25, -0.2) is 0 Å². The Kier molecular flexibility index (Phi) is 12.2. The van der Waals surface area contributed by atoms with Crippen molar-refractivity contribution in [3.05, 3.63) is 0 Å². The minimum absolute atomic E-state index is 0.852. The van der Waals surface area contributed by atoms with Gasteiger partial charge in [-0.1, -0.05) is 27.7 Å². The van der Waals surface area contributed by atoms with Crippen LogP contribution >= 0.6 is 0 Å². The maximum atomic E-state index is 6.17. The van der Waals surface area contributed by atoms with Crippen LogP contribution in [0.25, 0.3) is 0 Å². The molecule has 0 saturated heterocycles. The smallest absolute Gasteiger partial charge is 0.340 e. The van der Waals surface area contributed by atoms with Gasteiger partial charge in [0, 0.05) is 6.61 Å². The van der Waals surface area contributed by atoms with E-state index in [1.54, 1.807) is 0 Å². The molecule has 4 heteroatoms. The van der Waals surface area contributed by atoms with E-state index in [1.165, 1.54) is 51.9 Å². The number of rotatable bonds is 12. The topological polar surface area (TPSA) is 15.7 Å². The first-order chi connectivity index (χ1) is 8.74. The molecule has 0 rings (SSSR count). The predicted molar refractivity (Wildman–Crippen MR) is 83.1 cm³/mol. The van der Waals surface area contributed by atoms with Crippen LogP contribution in [0.3, 0.4) is 0 Å². The van der Waals surface area contributed by atoms with E-state index in [2.05, 4.69) is 43.7 Å². The zero-order valence-corrected chi connectivity index (χ0v) is 14.4. The van der Waals surface area contributed by atoms with Gasteiger partial charge in [-0.3, -0.25) is 9.13 Å². The molecule has 0 bridgehead atoms. The van der Waals surface area contributed by atoms with Gasteiger partial charge >= 0.3 is 9.36 Å². The molecule has 110 valence electrons. The summed E-state index contributed by atoms with van der Waals surface area (Å²) >= 11 is 0. The Hall–Kier alpha value is 0.0969. The molecule has 0 aromatic rings. The average Bonchev–Trinajstić information content (AvgIpc) is 2.36. The summed E-state index contributed by atoms with van der Waals surface area (Å²) in [6.45, 7) is 16.8. The Balaban J connectivity index is 4.69. The summed E-state index contributed by atoms with van der Waals surface area (Å²) in [5, 5.41) is 0. The summed E-state index contributed by atoms with van der Waals surface area (Å²) in [7, 11) is -1.37. The number of nitrogens with zero attached hydrogens (tertiary/aromatic N) is 2. The van der Waals surface area contributed by atoms with E-state index < -0.39 is 9.36 Å². The Labute approximate surface area is 116 Å². The molecule has 0 saturated carbocycles. The lowest BCUT2D eigenvalue weighted by Gasteiger charge is -2.37. The molecule has 18 heavy (non-hydrogen) atoms. The molecule has 0 aliphatic heterocycles. The quantitative estimate of drug-likeness (QED) is 0.509. The lowest BCUT2D eigenvalue weighted by Crippen LogP contribution is -2.55. The van der Waals surface area contributed by atoms with Crippen LogP contribution in [0.4, 0.5) is 0 Å². The molecule has 0 aromatic carbocycles. The van der Waals surface area contributed by atoms with E-state index in [-0.39, 0.29) is 0 Å². The third kappa shape index (κ3) is 6.88. The monoisotopic (exact) mass is 274 g/mol. The molecule has 0 spiro atoms. The number of hydrogen-bond donors (Lipinski definition) is 0. The van der Waals surface area contributed by atoms with E-state index in [1.807, 2.05) is 0 Å². The van der Waals surface area contributed by atoms with Crippen LogP contribution in [0.2, 0.25) is 0 Å². The van der Waals surface area contributed by atoms with Gasteiger partial charge in [0.1, 0.15) is 0 Å². The van der Waals surface area contributed by atoms with Crippen LogP contribution in [-0.2, 0) is 4.43 Å². The third-order valence-corrected chi connectivity index (χ3v) is 5.90. The van der Waals surface area contributed by atoms with Gasteiger partial charge in [-0.15, -0.1) is 0 Å². The van der Waals surface area contributed by atoms with E-state index in [0.717, 1.165) is 6.61 Å². The lowest BCUT2D eigenvalue weighted by molar-refractivity contribution is 0.204. The molecular weight excluding hydrogens is 240 g/mol. The van der Waals surface area contributed by atoms with Crippen molar-refractivity contribution in [1.82, 2.24) is 9.13 Å². The Morgan fingerprint density at radius 2 is 1.00 bits per heavy atom. The van der Waals surface area contributed by atoms with Crippen molar-refractivity contribution in [2.75, 3.05) is 32.8 Å². The maximum absolute atomic E-state index is 6.17. The van der Waals surface area contributed by atoms with Gasteiger partial charge in [-0.2, -0.15) is 0 Å². The molecule has 0 amide bonds. The molecule has 0 aliphatic carbocycles. The molecule has 0 atom stereocenters. The second kappa shape index (κ2) is 12.1. The molecule has 0 aromatic heterocycles. The van der Waals surface area contributed by atoms with Gasteiger partial charge in [0.25, 0.3) is 0 Å². The summed E-state index contributed by atoms with van der Waals surface area (Å²) in [6.07, 6.45) is 4.90. The minimum Gasteiger partial charge on any atom is -0.394 e. The maximum Gasteiger partial charge on any atom is 0.340 e. The second-order valence-electron chi connectivity index (χ2n) is 4.85. The third-order valence-electron chi connectivity index (χ3n) is 2.98. The van der Waals surface area contributed by atoms with Crippen molar-refractivity contribution in [2.45, 2.75) is 60.3 Å². The Morgan fingerprint density at radius 3 is 1.22 bits per heavy atom. The summed E-state index contributed by atoms with van der Waals surface area (Å²) < 4.78 is 11.4. The van der Waals surface area contributed by atoms with Crippen molar-refractivity contribution in [3.8, 4) is 0 Å². The summed E-state index contributed by atoms with van der Waals surface area (Å²) in [4.78, 5) is 0. The van der Waals surface area contributed by atoms with Gasteiger partial charge in [0.05, 0.1) is 0 Å². The molecule has 0 radical (unpaired) electrons. The minimum atomic E-state index is -1.37. The van der Waals surface area contributed by atoms with Gasteiger partial charge in [0.15, 0.2) is 0 Å². The van der Waals surface area contributed by atoms with E-state index in [4.69, 9.17) is 4.43 Å². The highest BCUT2D eigenvalue weighted by atomic mass is 28.3. The SMILES string of the molecule is CCCN(CCC)[SiH](OCC)N(CCC)CCC. The lowest BCUT2D eigenvalue weighted by atomic mass is 10.4. The van der Waals surface area contributed by atoms with E-state index in [0.29, 0.717) is 0 Å². The van der Waals surface area contributed by atoms with Crippen LogP contribution in [0.15, 0.2) is 0 Å². The van der Waals surface area contributed by atoms with Gasteiger partial charge < -0.3 is 4.43 Å². The largest absolute Gasteiger partial charge is 0.394 e. The molecule has 0 N–H and O–H groups in total. The first-order valence-electron chi connectivity index (χ1n) is 7.84. The Bertz CT molecular complexity index is 153. The molecule has 0 fully saturated rings. The second-order valence-corrected chi connectivity index (χ2v) is 7.30. The van der Waals surface area contributed by atoms with E-state index >= 15 is 0 Å². The predicted octanol–water partition coefficient (Wildman–Crippen LogP) is 2.98.